The molecule has 1 aromatic rings. The largest absolute Gasteiger partial charge is 0.413 e. The molecule has 5 nitrogen and oxygen atoms in total. The molecule has 4 aliphatic rings. The van der Waals surface area contributed by atoms with E-state index in [1.54, 1.807) is 0 Å². The van der Waals surface area contributed by atoms with Crippen LogP contribution in [0.2, 0.25) is 0 Å². The van der Waals surface area contributed by atoms with Gasteiger partial charge in [-0.1, -0.05) is 0 Å². The number of nitrogens with one attached hydrogen (secondary N) is 1. The summed E-state index contributed by atoms with van der Waals surface area (Å²) < 4.78 is 7.15. The third-order valence-corrected chi connectivity index (χ3v) is 4.15. The van der Waals surface area contributed by atoms with Crippen molar-refractivity contribution in [2.75, 3.05) is 0 Å². The zero-order chi connectivity index (χ0) is 10.9. The number of hydrogen-bond acceptors (Lipinski definition) is 3. The number of rotatable bonds is 1. The second-order valence-electron chi connectivity index (χ2n) is 5.28. The lowest BCUT2D eigenvalue weighted by Gasteiger charge is -2.61. The minimum atomic E-state index is -0.378. The molecule has 5 heteroatoms. The van der Waals surface area contributed by atoms with E-state index < -0.39 is 0 Å². The maximum Gasteiger partial charge on any atom is 0.413 e. The van der Waals surface area contributed by atoms with Crippen LogP contribution in [-0.4, -0.2) is 15.9 Å². The molecule has 0 radical (unpaired) electrons. The number of fused-ring (bicyclic) bond motifs is 1. The highest BCUT2D eigenvalue weighted by Gasteiger charge is 2.59. The second kappa shape index (κ2) is 2.42. The van der Waals surface area contributed by atoms with Gasteiger partial charge in [-0.3, -0.25) is 4.68 Å². The summed E-state index contributed by atoms with van der Waals surface area (Å²) in [5.74, 6) is 1.54. The first-order valence-corrected chi connectivity index (χ1v) is 5.75. The second-order valence-corrected chi connectivity index (χ2v) is 5.28. The Labute approximate surface area is 92.8 Å². The molecule has 1 aromatic heterocycles. The highest BCUT2D eigenvalue weighted by atomic mass is 16.6. The van der Waals surface area contributed by atoms with Crippen molar-refractivity contribution in [3.63, 3.8) is 0 Å². The van der Waals surface area contributed by atoms with E-state index in [1.165, 1.54) is 19.3 Å². The standard InChI is InChI=1S/C11H13N3O2/c1-6-9-8(16-10(15)12-6)5-14(13-9)11-2-7(3-11)4-11/h5-7H,2-4H2,1H3,(H,12,15). The van der Waals surface area contributed by atoms with Crippen molar-refractivity contribution in [3.05, 3.63) is 11.9 Å². The van der Waals surface area contributed by atoms with E-state index in [0.717, 1.165) is 11.6 Å². The van der Waals surface area contributed by atoms with Gasteiger partial charge in [0.25, 0.3) is 0 Å². The van der Waals surface area contributed by atoms with Crippen LogP contribution < -0.4 is 10.1 Å². The van der Waals surface area contributed by atoms with Crippen molar-refractivity contribution in [2.45, 2.75) is 37.8 Å². The third kappa shape index (κ3) is 0.870. The molecule has 1 unspecified atom stereocenters. The first-order valence-electron chi connectivity index (χ1n) is 5.75. The fourth-order valence-electron chi connectivity index (χ4n) is 3.08. The van der Waals surface area contributed by atoms with E-state index in [9.17, 15) is 4.79 Å². The summed E-state index contributed by atoms with van der Waals surface area (Å²) >= 11 is 0. The number of hydrogen-bond donors (Lipinski definition) is 1. The molecule has 1 N–H and O–H groups in total. The number of amides is 1. The Hall–Kier alpha value is -1.52. The van der Waals surface area contributed by atoms with Gasteiger partial charge in [-0.25, -0.2) is 4.79 Å². The van der Waals surface area contributed by atoms with Gasteiger partial charge in [-0.15, -0.1) is 0 Å². The summed E-state index contributed by atoms with van der Waals surface area (Å²) in [5.41, 5.74) is 1.11. The third-order valence-electron chi connectivity index (χ3n) is 4.15. The van der Waals surface area contributed by atoms with Gasteiger partial charge in [-0.05, 0) is 32.1 Å². The lowest BCUT2D eigenvalue weighted by Crippen LogP contribution is -2.59. The summed E-state index contributed by atoms with van der Waals surface area (Å²) in [6.45, 7) is 1.93. The minimum Gasteiger partial charge on any atom is -0.407 e. The van der Waals surface area contributed by atoms with Crippen LogP contribution in [0.25, 0.3) is 0 Å². The molecule has 1 atom stereocenters. The molecule has 3 aliphatic carbocycles. The SMILES string of the molecule is CC1NC(=O)Oc2cn(C34CC(C3)C4)nc21. The lowest BCUT2D eigenvalue weighted by atomic mass is 9.50. The molecule has 0 spiro atoms. The highest BCUT2D eigenvalue weighted by molar-refractivity contribution is 5.73. The Balaban J connectivity index is 1.76. The molecule has 5 rings (SSSR count). The van der Waals surface area contributed by atoms with Crippen LogP contribution in [0.15, 0.2) is 6.20 Å². The van der Waals surface area contributed by atoms with Crippen LogP contribution in [0.5, 0.6) is 5.75 Å². The first-order chi connectivity index (χ1) is 7.66. The molecule has 1 aliphatic heterocycles. The van der Waals surface area contributed by atoms with Crippen LogP contribution in [0, 0.1) is 5.92 Å². The smallest absolute Gasteiger partial charge is 0.407 e. The zero-order valence-corrected chi connectivity index (χ0v) is 9.06. The van der Waals surface area contributed by atoms with Crippen molar-refractivity contribution < 1.29 is 9.53 Å². The minimum absolute atomic E-state index is 0.0511. The highest BCUT2D eigenvalue weighted by Crippen LogP contribution is 2.62. The zero-order valence-electron chi connectivity index (χ0n) is 9.06. The van der Waals surface area contributed by atoms with Gasteiger partial charge in [-0.2, -0.15) is 5.10 Å². The van der Waals surface area contributed by atoms with Crippen molar-refractivity contribution in [1.82, 2.24) is 15.1 Å². The number of carbonyl (C=O) groups excluding carboxylic acids is 1. The van der Waals surface area contributed by atoms with Crippen molar-refractivity contribution in [1.29, 1.82) is 0 Å². The van der Waals surface area contributed by atoms with Crippen LogP contribution in [0.4, 0.5) is 4.79 Å². The molecule has 3 saturated carbocycles. The van der Waals surface area contributed by atoms with Gasteiger partial charge in [0.15, 0.2) is 5.75 Å². The molecule has 3 fully saturated rings. The molecule has 84 valence electrons. The van der Waals surface area contributed by atoms with E-state index in [4.69, 9.17) is 4.74 Å². The maximum absolute atomic E-state index is 11.2. The molecule has 16 heavy (non-hydrogen) atoms. The Morgan fingerprint density at radius 3 is 2.94 bits per heavy atom. The topological polar surface area (TPSA) is 56.1 Å². The van der Waals surface area contributed by atoms with Crippen molar-refractivity contribution in [2.24, 2.45) is 5.92 Å². The molecule has 0 saturated heterocycles. The summed E-state index contributed by atoms with van der Waals surface area (Å²) in [7, 11) is 0. The average molecular weight is 219 g/mol. The van der Waals surface area contributed by atoms with Gasteiger partial charge >= 0.3 is 6.09 Å². The Morgan fingerprint density at radius 1 is 1.56 bits per heavy atom. The fraction of sp³-hybridized carbons (Fsp3) is 0.636. The number of aromatic nitrogens is 2. The summed E-state index contributed by atoms with van der Waals surface area (Å²) in [6, 6.07) is -0.0511. The number of carbonyl (C=O) groups is 1. The van der Waals surface area contributed by atoms with Crippen LogP contribution in [-0.2, 0) is 5.54 Å². The maximum atomic E-state index is 11.2. The number of nitrogens with zero attached hydrogens (tertiary/aromatic N) is 2. The van der Waals surface area contributed by atoms with E-state index in [1.807, 2.05) is 17.8 Å². The summed E-state index contributed by atoms with van der Waals surface area (Å²) in [4.78, 5) is 11.2. The Morgan fingerprint density at radius 2 is 2.31 bits per heavy atom. The first kappa shape index (κ1) is 8.61. The lowest BCUT2D eigenvalue weighted by molar-refractivity contribution is -0.0980. The molecule has 2 heterocycles. The molecule has 1 amide bonds. The van der Waals surface area contributed by atoms with Gasteiger partial charge < -0.3 is 10.1 Å². The summed E-state index contributed by atoms with van der Waals surface area (Å²) in [5, 5.41) is 7.29. The fourth-order valence-corrected chi connectivity index (χ4v) is 3.08. The van der Waals surface area contributed by atoms with Gasteiger partial charge in [0, 0.05) is 0 Å². The van der Waals surface area contributed by atoms with Crippen molar-refractivity contribution in [3.8, 4) is 5.75 Å². The van der Waals surface area contributed by atoms with Crippen LogP contribution >= 0.6 is 0 Å². The van der Waals surface area contributed by atoms with E-state index in [0.29, 0.717) is 5.75 Å². The van der Waals surface area contributed by atoms with E-state index in [2.05, 4.69) is 10.4 Å². The quantitative estimate of drug-likeness (QED) is 0.779. The van der Waals surface area contributed by atoms with E-state index >= 15 is 0 Å². The normalized spacial score (nSPS) is 38.9. The van der Waals surface area contributed by atoms with Crippen LogP contribution in [0.1, 0.15) is 37.9 Å². The van der Waals surface area contributed by atoms with Gasteiger partial charge in [0.2, 0.25) is 0 Å². The molecular weight excluding hydrogens is 206 g/mol. The Kier molecular flexibility index (Phi) is 1.30. The Bertz CT molecular complexity index is 476. The van der Waals surface area contributed by atoms with Gasteiger partial charge in [0.05, 0.1) is 17.8 Å². The van der Waals surface area contributed by atoms with Gasteiger partial charge in [0.1, 0.15) is 5.69 Å². The monoisotopic (exact) mass is 219 g/mol. The predicted molar refractivity (Wildman–Crippen MR) is 55.1 cm³/mol. The molecule has 0 aromatic carbocycles. The van der Waals surface area contributed by atoms with E-state index in [-0.39, 0.29) is 17.7 Å². The number of ether oxygens (including phenoxy) is 1. The molecular formula is C11H13N3O2. The van der Waals surface area contributed by atoms with Crippen LogP contribution in [0.3, 0.4) is 0 Å². The van der Waals surface area contributed by atoms with Crippen molar-refractivity contribution >= 4 is 6.09 Å². The predicted octanol–water partition coefficient (Wildman–Crippen LogP) is 1.56. The summed E-state index contributed by atoms with van der Waals surface area (Å²) in [6.07, 6.45) is 5.23. The molecule has 2 bridgehead atoms. The average Bonchev–Trinajstić information content (AvgIpc) is 2.41.